The number of hydrogen-bond acceptors (Lipinski definition) is 16. The van der Waals surface area contributed by atoms with E-state index in [9.17, 15) is 14.7 Å². The van der Waals surface area contributed by atoms with Crippen LogP contribution in [0.4, 0.5) is 0 Å². The monoisotopic (exact) mass is 976 g/mol. The summed E-state index contributed by atoms with van der Waals surface area (Å²) in [5.41, 5.74) is 0.197. The van der Waals surface area contributed by atoms with Crippen LogP contribution in [0.15, 0.2) is 34.4 Å². The number of methoxy groups -OCH3 is 5. The van der Waals surface area contributed by atoms with Gasteiger partial charge >= 0.3 is 5.97 Å². The Morgan fingerprint density at radius 1 is 0.820 bits per heavy atom. The third-order valence-corrected chi connectivity index (χ3v) is 13.7. The fraction of sp³-hybridized carbons (Fsp3) is 0.773. The predicted octanol–water partition coefficient (Wildman–Crippen LogP) is 4.67. The van der Waals surface area contributed by atoms with Gasteiger partial charge in [-0.15, -0.1) is 0 Å². The molecule has 17 atom stereocenters. The summed E-state index contributed by atoms with van der Waals surface area (Å²) in [4.78, 5) is 27.7. The molecule has 5 aliphatic rings. The van der Waals surface area contributed by atoms with Crippen molar-refractivity contribution in [2.45, 2.75) is 159 Å². The second-order valence-electron chi connectivity index (χ2n) is 17.4. The molecule has 0 radical (unpaired) electrons. The van der Waals surface area contributed by atoms with Crippen molar-refractivity contribution in [1.82, 2.24) is 0 Å². The summed E-state index contributed by atoms with van der Waals surface area (Å²) in [6.07, 6.45) is -7.34. The molecule has 0 saturated carbocycles. The van der Waals surface area contributed by atoms with Crippen molar-refractivity contribution < 1.29 is 76.3 Å². The molecule has 0 amide bonds. The van der Waals surface area contributed by atoms with Gasteiger partial charge in [0.2, 0.25) is 5.79 Å². The smallest absolute Gasteiger partial charge is 0.309 e. The lowest BCUT2D eigenvalue weighted by Gasteiger charge is -2.48. The van der Waals surface area contributed by atoms with Gasteiger partial charge in [0.25, 0.3) is 0 Å². The van der Waals surface area contributed by atoms with Gasteiger partial charge in [0, 0.05) is 58.5 Å². The largest absolute Gasteiger partial charge is 0.497 e. The van der Waals surface area contributed by atoms with Crippen molar-refractivity contribution in [3.05, 3.63) is 40.0 Å². The lowest BCUT2D eigenvalue weighted by molar-refractivity contribution is -0.361. The summed E-state index contributed by atoms with van der Waals surface area (Å²) in [5.74, 6) is -3.10. The maximum Gasteiger partial charge on any atom is 0.309 e. The molecule has 5 aliphatic heterocycles. The molecule has 344 valence electrons. The fourth-order valence-electron chi connectivity index (χ4n) is 9.28. The van der Waals surface area contributed by atoms with Crippen LogP contribution in [0.5, 0.6) is 5.75 Å². The van der Waals surface area contributed by atoms with Gasteiger partial charge in [0.05, 0.1) is 57.3 Å². The molecule has 0 aliphatic carbocycles. The molecule has 1 aromatic carbocycles. The first-order valence-corrected chi connectivity index (χ1v) is 22.4. The number of carbonyl (C=O) groups is 2. The van der Waals surface area contributed by atoms with Crippen molar-refractivity contribution >= 4 is 34.3 Å². The normalized spacial score (nSPS) is 42.0. The number of ether oxygens (including phenoxy) is 13. The third kappa shape index (κ3) is 10.5. The van der Waals surface area contributed by atoms with E-state index in [1.807, 2.05) is 52.0 Å². The highest BCUT2D eigenvalue weighted by Gasteiger charge is 2.57. The van der Waals surface area contributed by atoms with Crippen LogP contribution in [-0.4, -0.2) is 151 Å². The number of aliphatic hydroxyl groups is 1. The molecule has 5 heterocycles. The van der Waals surface area contributed by atoms with Crippen LogP contribution in [0, 0.1) is 17.3 Å². The van der Waals surface area contributed by atoms with Crippen LogP contribution in [0.3, 0.4) is 0 Å². The zero-order valence-electron chi connectivity index (χ0n) is 36.9. The van der Waals surface area contributed by atoms with E-state index in [-0.39, 0.29) is 31.8 Å². The first-order valence-electron chi connectivity index (χ1n) is 21.1. The van der Waals surface area contributed by atoms with E-state index in [1.54, 1.807) is 45.5 Å². The Balaban J connectivity index is 1.19. The van der Waals surface area contributed by atoms with E-state index >= 15 is 0 Å². The van der Waals surface area contributed by atoms with Gasteiger partial charge in [-0.1, -0.05) is 62.4 Å². The summed E-state index contributed by atoms with van der Waals surface area (Å²) in [5, 5.41) is 11.8. The molecule has 16 nitrogen and oxygen atoms in total. The van der Waals surface area contributed by atoms with E-state index in [1.165, 1.54) is 7.11 Å². The van der Waals surface area contributed by atoms with Crippen LogP contribution >= 0.6 is 22.6 Å². The van der Waals surface area contributed by atoms with Crippen molar-refractivity contribution in [3.63, 3.8) is 0 Å². The summed E-state index contributed by atoms with van der Waals surface area (Å²) in [7, 11) is 7.88. The number of rotatable bonds is 13. The highest BCUT2D eigenvalue weighted by Crippen LogP contribution is 2.47. The lowest BCUT2D eigenvalue weighted by atomic mass is 9.77. The van der Waals surface area contributed by atoms with Gasteiger partial charge in [-0.05, 0) is 41.2 Å². The predicted molar refractivity (Wildman–Crippen MR) is 226 cm³/mol. The van der Waals surface area contributed by atoms with Crippen molar-refractivity contribution in [3.8, 4) is 5.75 Å². The van der Waals surface area contributed by atoms with Gasteiger partial charge in [-0.2, -0.15) is 0 Å². The van der Waals surface area contributed by atoms with E-state index in [0.29, 0.717) is 13.0 Å². The Kier molecular flexibility index (Phi) is 16.7. The molecule has 0 unspecified atom stereocenters. The zero-order chi connectivity index (χ0) is 44.2. The Bertz CT molecular complexity index is 1630. The zero-order valence-corrected chi connectivity index (χ0v) is 39.1. The lowest BCUT2D eigenvalue weighted by Crippen LogP contribution is -2.64. The van der Waals surface area contributed by atoms with E-state index in [2.05, 4.69) is 22.6 Å². The summed E-state index contributed by atoms with van der Waals surface area (Å²) >= 11 is 2.08. The maximum atomic E-state index is 14.0. The summed E-state index contributed by atoms with van der Waals surface area (Å²) in [6, 6.07) is 7.63. The molecule has 0 spiro atoms. The number of fused-ring (bicyclic) bond motifs is 4. The van der Waals surface area contributed by atoms with Crippen molar-refractivity contribution in [2.75, 3.05) is 42.2 Å². The molecule has 1 N–H and O–H groups in total. The molecular weight excluding hydrogens is 911 g/mol. The number of Topliss-reactive ketones (excluding diaryl/α,β-unsaturated/α-hetero) is 1. The highest BCUT2D eigenvalue weighted by atomic mass is 127. The number of cyclic esters (lactones) is 1. The standard InChI is InChI=1S/C44H65IO16/c1-23-17-34-43(4,5)33(15-16-45)59-35(47)20-30-24(2)29(18-28(57-30)19-32(46)44(23,48)61-34)58-41-39(52-9)37(31(50-7)22-55-41)60-42-40(53-10)38(51-8)36(25(3)56-42)54-21-26-11-13-27(49-6)14-12-26/h11-16,23-25,28-31,33-34,36-42,48H,17-22H2,1-10H3/b16-15+/t23-,24-,25+,28+,29+,30+,31-,33+,34-,36-,37+,38-,39-,40+,41+,42+,44-/m1/s1. The highest BCUT2D eigenvalue weighted by molar-refractivity contribution is 14.1. The van der Waals surface area contributed by atoms with Crippen molar-refractivity contribution in [2.24, 2.45) is 17.3 Å². The van der Waals surface area contributed by atoms with Crippen LogP contribution < -0.4 is 4.74 Å². The SMILES string of the molecule is COc1ccc(CO[C@H]2[C@@H](OC)[C@H](OC)[C@H](O[C@@H]3[C@@H](OC)[C@H](O[C@H]4C[C@H]5CC(=O)[C@]6(O)O[C@H](C[C@H]6C)C(C)(C)[C@H](/C=C/I)OC(=O)C[C@H](O5)[C@@H]4C)OC[C@H]3OC)O[C@H]2C)cc1. The van der Waals surface area contributed by atoms with Gasteiger partial charge in [-0.25, -0.2) is 0 Å². The van der Waals surface area contributed by atoms with Crippen LogP contribution in [0.2, 0.25) is 0 Å². The van der Waals surface area contributed by atoms with Gasteiger partial charge in [0.15, 0.2) is 18.4 Å². The second-order valence-corrected chi connectivity index (χ2v) is 18.1. The number of carbonyl (C=O) groups excluding carboxylic acids is 2. The average molecular weight is 977 g/mol. The molecule has 61 heavy (non-hydrogen) atoms. The Labute approximate surface area is 372 Å². The summed E-state index contributed by atoms with van der Waals surface area (Å²) < 4.78 is 82.4. The van der Waals surface area contributed by atoms with E-state index in [0.717, 1.165) is 11.3 Å². The minimum Gasteiger partial charge on any atom is -0.497 e. The molecule has 4 bridgehead atoms. The number of esters is 1. The summed E-state index contributed by atoms with van der Waals surface area (Å²) in [6.45, 7) is 9.86. The number of ketones is 1. The van der Waals surface area contributed by atoms with Crippen molar-refractivity contribution in [1.29, 1.82) is 0 Å². The van der Waals surface area contributed by atoms with Gasteiger partial charge in [-0.3, -0.25) is 9.59 Å². The Morgan fingerprint density at radius 3 is 2.15 bits per heavy atom. The third-order valence-electron chi connectivity index (χ3n) is 13.3. The van der Waals surface area contributed by atoms with E-state index in [4.69, 9.17) is 61.6 Å². The molecule has 5 fully saturated rings. The van der Waals surface area contributed by atoms with Gasteiger partial charge in [0.1, 0.15) is 48.5 Å². The number of halogens is 1. The molecule has 1 aromatic rings. The van der Waals surface area contributed by atoms with E-state index < -0.39 is 115 Å². The van der Waals surface area contributed by atoms with Gasteiger partial charge < -0.3 is 66.7 Å². The molecule has 6 rings (SSSR count). The topological polar surface area (TPSA) is 174 Å². The quantitative estimate of drug-likeness (QED) is 0.213. The fourth-order valence-corrected chi connectivity index (χ4v) is 9.66. The maximum absolute atomic E-state index is 14.0. The number of hydrogen-bond donors (Lipinski definition) is 1. The molecule has 17 heteroatoms. The van der Waals surface area contributed by atoms with Crippen LogP contribution in [0.25, 0.3) is 0 Å². The van der Waals surface area contributed by atoms with Crippen LogP contribution in [-0.2, 0) is 73.0 Å². The van der Waals surface area contributed by atoms with Crippen LogP contribution in [0.1, 0.15) is 65.9 Å². The number of benzene rings is 1. The molecule has 0 aromatic heterocycles. The molecule has 5 saturated heterocycles. The minimum atomic E-state index is -2.03. The Morgan fingerprint density at radius 2 is 1.51 bits per heavy atom. The minimum absolute atomic E-state index is 0.0859. The molecular formula is C44H65IO16. The Hall–Kier alpha value is -1.85. The first-order chi connectivity index (χ1) is 29.1. The average Bonchev–Trinajstić information content (AvgIpc) is 3.56. The first kappa shape index (κ1) is 48.6. The second kappa shape index (κ2) is 21.0.